The van der Waals surface area contributed by atoms with E-state index in [9.17, 15) is 4.79 Å². The third kappa shape index (κ3) is 4.84. The molecule has 0 aromatic heterocycles. The van der Waals surface area contributed by atoms with Crippen molar-refractivity contribution in [3.05, 3.63) is 28.8 Å². The molecule has 1 saturated carbocycles. The van der Waals surface area contributed by atoms with Crippen LogP contribution in [0.1, 0.15) is 48.8 Å². The third-order valence-corrected chi connectivity index (χ3v) is 4.77. The summed E-state index contributed by atoms with van der Waals surface area (Å²) in [6, 6.07) is 4.25. The molecule has 0 aliphatic heterocycles. The Balaban J connectivity index is 1.87. The van der Waals surface area contributed by atoms with Crippen molar-refractivity contribution >= 4 is 11.6 Å². The minimum Gasteiger partial charge on any atom is -0.329 e. The Morgan fingerprint density at radius 1 is 1.14 bits per heavy atom. The summed E-state index contributed by atoms with van der Waals surface area (Å²) in [7, 11) is 2.14. The summed E-state index contributed by atoms with van der Waals surface area (Å²) in [5, 5.41) is 3.11. The molecular formula is C19H31N2O+. The van der Waals surface area contributed by atoms with Crippen molar-refractivity contribution in [1.29, 1.82) is 0 Å². The summed E-state index contributed by atoms with van der Waals surface area (Å²) in [5.41, 5.74) is 4.53. The number of amides is 1. The van der Waals surface area contributed by atoms with E-state index in [1.807, 2.05) is 0 Å². The van der Waals surface area contributed by atoms with Crippen LogP contribution in [-0.2, 0) is 4.79 Å². The van der Waals surface area contributed by atoms with E-state index in [2.05, 4.69) is 45.3 Å². The number of nitrogens with one attached hydrogen (secondary N) is 2. The number of aryl methyl sites for hydroxylation is 3. The Labute approximate surface area is 135 Å². The molecule has 0 radical (unpaired) electrons. The van der Waals surface area contributed by atoms with E-state index in [0.717, 1.165) is 29.3 Å². The van der Waals surface area contributed by atoms with E-state index in [1.54, 1.807) is 0 Å². The highest BCUT2D eigenvalue weighted by Gasteiger charge is 2.19. The van der Waals surface area contributed by atoms with Gasteiger partial charge >= 0.3 is 0 Å². The number of carbonyl (C=O) groups excluding carboxylic acids is 1. The highest BCUT2D eigenvalue weighted by atomic mass is 16.2. The van der Waals surface area contributed by atoms with Gasteiger partial charge in [0.2, 0.25) is 0 Å². The highest BCUT2D eigenvalue weighted by Crippen LogP contribution is 2.22. The second kappa shape index (κ2) is 7.77. The molecule has 1 unspecified atom stereocenters. The van der Waals surface area contributed by atoms with Gasteiger partial charge in [-0.2, -0.15) is 0 Å². The molecule has 0 heterocycles. The molecule has 1 aliphatic carbocycles. The molecule has 1 amide bonds. The number of likely N-dealkylation sites (N-methyl/N-ethyl adjacent to an activating group) is 1. The van der Waals surface area contributed by atoms with E-state index in [1.165, 1.54) is 42.6 Å². The number of hydrogen-bond acceptors (Lipinski definition) is 1. The standard InChI is InChI=1S/C19H30N2O/c1-14-10-15(2)19(16(3)11-14)20-18(22)13-21(4)12-17-8-6-5-7-9-17/h10-11,17H,5-9,12-13H2,1-4H3,(H,20,22)/p+1. The fraction of sp³-hybridized carbons (Fsp3) is 0.632. The lowest BCUT2D eigenvalue weighted by atomic mass is 9.89. The van der Waals surface area contributed by atoms with Crippen LogP contribution in [0, 0.1) is 26.7 Å². The topological polar surface area (TPSA) is 33.5 Å². The van der Waals surface area contributed by atoms with E-state index in [4.69, 9.17) is 0 Å². The summed E-state index contributed by atoms with van der Waals surface area (Å²) >= 11 is 0. The highest BCUT2D eigenvalue weighted by molar-refractivity contribution is 5.93. The van der Waals surface area contributed by atoms with Crippen LogP contribution < -0.4 is 10.2 Å². The molecule has 1 aliphatic rings. The number of benzene rings is 1. The van der Waals surface area contributed by atoms with Gasteiger partial charge in [-0.15, -0.1) is 0 Å². The van der Waals surface area contributed by atoms with Gasteiger partial charge < -0.3 is 10.2 Å². The van der Waals surface area contributed by atoms with Crippen LogP contribution in [0.5, 0.6) is 0 Å². The molecule has 122 valence electrons. The van der Waals surface area contributed by atoms with Gasteiger partial charge in [0, 0.05) is 11.6 Å². The van der Waals surface area contributed by atoms with Crippen LogP contribution in [0.2, 0.25) is 0 Å². The zero-order valence-corrected chi connectivity index (χ0v) is 14.6. The Morgan fingerprint density at radius 2 is 1.73 bits per heavy atom. The number of quaternary nitrogens is 1. The smallest absolute Gasteiger partial charge is 0.279 e. The molecule has 0 bridgehead atoms. The second-order valence-corrected chi connectivity index (χ2v) is 7.16. The van der Waals surface area contributed by atoms with Crippen LogP contribution in [0.15, 0.2) is 12.1 Å². The van der Waals surface area contributed by atoms with E-state index in [0.29, 0.717) is 6.54 Å². The van der Waals surface area contributed by atoms with Gasteiger partial charge in [-0.3, -0.25) is 4.79 Å². The number of carbonyl (C=O) groups is 1. The van der Waals surface area contributed by atoms with Crippen molar-refractivity contribution in [2.45, 2.75) is 52.9 Å². The van der Waals surface area contributed by atoms with Crippen molar-refractivity contribution in [1.82, 2.24) is 0 Å². The Hall–Kier alpha value is -1.35. The summed E-state index contributed by atoms with van der Waals surface area (Å²) < 4.78 is 0. The van der Waals surface area contributed by atoms with Crippen LogP contribution in [-0.4, -0.2) is 26.0 Å². The minimum absolute atomic E-state index is 0.128. The molecule has 22 heavy (non-hydrogen) atoms. The van der Waals surface area contributed by atoms with E-state index in [-0.39, 0.29) is 5.91 Å². The molecule has 2 N–H and O–H groups in total. The quantitative estimate of drug-likeness (QED) is 0.861. The minimum atomic E-state index is 0.128. The van der Waals surface area contributed by atoms with Crippen molar-refractivity contribution in [2.75, 3.05) is 25.5 Å². The van der Waals surface area contributed by atoms with Gasteiger partial charge in [0.1, 0.15) is 0 Å². The number of rotatable bonds is 5. The maximum atomic E-state index is 12.3. The van der Waals surface area contributed by atoms with E-state index >= 15 is 0 Å². The maximum Gasteiger partial charge on any atom is 0.279 e. The first-order chi connectivity index (χ1) is 10.5. The number of hydrogen-bond donors (Lipinski definition) is 2. The van der Waals surface area contributed by atoms with Crippen LogP contribution in [0.25, 0.3) is 0 Å². The zero-order valence-electron chi connectivity index (χ0n) is 14.6. The van der Waals surface area contributed by atoms with Crippen LogP contribution in [0.4, 0.5) is 5.69 Å². The predicted molar refractivity (Wildman–Crippen MR) is 92.5 cm³/mol. The van der Waals surface area contributed by atoms with Gasteiger partial charge in [-0.25, -0.2) is 0 Å². The molecule has 1 aromatic rings. The lowest BCUT2D eigenvalue weighted by Crippen LogP contribution is -3.10. The molecular weight excluding hydrogens is 272 g/mol. The SMILES string of the molecule is Cc1cc(C)c(NC(=O)C[NH+](C)CC2CCCCC2)c(C)c1. The normalized spacial score (nSPS) is 17.3. The number of anilines is 1. The van der Waals surface area contributed by atoms with Gasteiger partial charge in [0.25, 0.3) is 5.91 Å². The Morgan fingerprint density at radius 3 is 2.32 bits per heavy atom. The molecule has 2 rings (SSSR count). The summed E-state index contributed by atoms with van der Waals surface area (Å²) in [5.74, 6) is 0.938. The average molecular weight is 303 g/mol. The first-order valence-electron chi connectivity index (χ1n) is 8.64. The molecule has 3 heteroatoms. The lowest BCUT2D eigenvalue weighted by Gasteiger charge is -2.24. The molecule has 1 fully saturated rings. The first-order valence-corrected chi connectivity index (χ1v) is 8.64. The van der Waals surface area contributed by atoms with Crippen LogP contribution in [0.3, 0.4) is 0 Å². The monoisotopic (exact) mass is 303 g/mol. The van der Waals surface area contributed by atoms with Crippen molar-refractivity contribution in [3.8, 4) is 0 Å². The fourth-order valence-corrected chi connectivity index (χ4v) is 3.79. The molecule has 0 spiro atoms. The van der Waals surface area contributed by atoms with Crippen LogP contribution >= 0.6 is 0 Å². The zero-order chi connectivity index (χ0) is 16.1. The Bertz CT molecular complexity index is 495. The average Bonchev–Trinajstić information content (AvgIpc) is 2.43. The largest absolute Gasteiger partial charge is 0.329 e. The van der Waals surface area contributed by atoms with Crippen molar-refractivity contribution in [3.63, 3.8) is 0 Å². The summed E-state index contributed by atoms with van der Waals surface area (Å²) in [6.07, 6.45) is 6.81. The predicted octanol–water partition coefficient (Wildman–Crippen LogP) is 2.65. The summed E-state index contributed by atoms with van der Waals surface area (Å²) in [6.45, 7) is 7.90. The second-order valence-electron chi connectivity index (χ2n) is 7.16. The van der Waals surface area contributed by atoms with E-state index < -0.39 is 0 Å². The molecule has 0 saturated heterocycles. The van der Waals surface area contributed by atoms with Crippen molar-refractivity contribution in [2.24, 2.45) is 5.92 Å². The molecule has 1 atom stereocenters. The molecule has 1 aromatic carbocycles. The van der Waals surface area contributed by atoms with Gasteiger partial charge in [-0.05, 0) is 44.7 Å². The summed E-state index contributed by atoms with van der Waals surface area (Å²) in [4.78, 5) is 13.6. The lowest BCUT2D eigenvalue weighted by molar-refractivity contribution is -0.874. The molecule has 3 nitrogen and oxygen atoms in total. The van der Waals surface area contributed by atoms with Gasteiger partial charge in [0.15, 0.2) is 6.54 Å². The maximum absolute atomic E-state index is 12.3. The third-order valence-electron chi connectivity index (χ3n) is 4.77. The van der Waals surface area contributed by atoms with Gasteiger partial charge in [0.05, 0.1) is 13.6 Å². The van der Waals surface area contributed by atoms with Crippen molar-refractivity contribution < 1.29 is 9.69 Å². The van der Waals surface area contributed by atoms with Gasteiger partial charge in [-0.1, -0.05) is 37.0 Å². The first kappa shape index (κ1) is 17.0. The Kier molecular flexibility index (Phi) is 6.01. The fourth-order valence-electron chi connectivity index (χ4n) is 3.79.